The summed E-state index contributed by atoms with van der Waals surface area (Å²) in [5.41, 5.74) is 7.03. The molecule has 1 saturated carbocycles. The highest BCUT2D eigenvalue weighted by Gasteiger charge is 2.32. The number of carbonyl (C=O) groups excluding carboxylic acids is 2. The van der Waals surface area contributed by atoms with Crippen molar-refractivity contribution in [2.75, 3.05) is 25.5 Å². The van der Waals surface area contributed by atoms with Crippen LogP contribution in [0.5, 0.6) is 0 Å². The summed E-state index contributed by atoms with van der Waals surface area (Å²) in [6.07, 6.45) is 7.47. The van der Waals surface area contributed by atoms with Crippen molar-refractivity contribution in [3.8, 4) is 0 Å². The largest absolute Gasteiger partial charge is 0.326 e. The Kier molecular flexibility index (Phi) is 9.19. The van der Waals surface area contributed by atoms with Gasteiger partial charge in [-0.25, -0.2) is 4.79 Å². The highest BCUT2D eigenvalue weighted by molar-refractivity contribution is 5.96. The molecule has 1 N–H and O–H groups in total. The molecule has 1 atom stereocenters. The van der Waals surface area contributed by atoms with Crippen LogP contribution in [0.1, 0.15) is 87.5 Å². The Morgan fingerprint density at radius 2 is 1.77 bits per heavy atom. The van der Waals surface area contributed by atoms with Gasteiger partial charge in [0.2, 0.25) is 5.91 Å². The number of likely N-dealkylation sites (N-methyl/N-ethyl adjacent to an activating group) is 1. The summed E-state index contributed by atoms with van der Waals surface area (Å²) in [6.45, 7) is 15.3. The van der Waals surface area contributed by atoms with Gasteiger partial charge in [0.05, 0.1) is 5.92 Å². The van der Waals surface area contributed by atoms with Gasteiger partial charge in [0.15, 0.2) is 0 Å². The number of aryl methyl sites for hydroxylation is 1. The van der Waals surface area contributed by atoms with Gasteiger partial charge in [0, 0.05) is 32.4 Å². The lowest BCUT2D eigenvalue weighted by Gasteiger charge is -2.25. The third-order valence-corrected chi connectivity index (χ3v) is 8.40. The van der Waals surface area contributed by atoms with E-state index in [4.69, 9.17) is 0 Å². The molecule has 2 aromatic carbocycles. The molecule has 1 aliphatic carbocycles. The predicted molar refractivity (Wildman–Crippen MR) is 161 cm³/mol. The lowest BCUT2D eigenvalue weighted by atomic mass is 9.83. The van der Waals surface area contributed by atoms with E-state index in [1.807, 2.05) is 18.0 Å². The van der Waals surface area contributed by atoms with Crippen LogP contribution < -0.4 is 5.32 Å². The van der Waals surface area contributed by atoms with Gasteiger partial charge in [0.25, 0.3) is 0 Å². The minimum absolute atomic E-state index is 0.0819. The van der Waals surface area contributed by atoms with Crippen LogP contribution in [0.3, 0.4) is 0 Å². The lowest BCUT2D eigenvalue weighted by Crippen LogP contribution is -2.29. The fourth-order valence-corrected chi connectivity index (χ4v) is 6.28. The zero-order chi connectivity index (χ0) is 28.2. The number of nitrogens with one attached hydrogen (secondary N) is 1. The van der Waals surface area contributed by atoms with Crippen LogP contribution in [0, 0.1) is 18.3 Å². The zero-order valence-corrected chi connectivity index (χ0v) is 24.7. The van der Waals surface area contributed by atoms with Crippen LogP contribution in [-0.2, 0) is 17.8 Å². The van der Waals surface area contributed by atoms with Crippen molar-refractivity contribution >= 4 is 17.6 Å². The average Bonchev–Trinajstić information content (AvgIpc) is 3.51. The summed E-state index contributed by atoms with van der Waals surface area (Å²) in [6, 6.07) is 14.7. The Morgan fingerprint density at radius 3 is 2.38 bits per heavy atom. The Hall–Kier alpha value is -3.08. The third kappa shape index (κ3) is 7.52. The predicted octanol–water partition coefficient (Wildman–Crippen LogP) is 7.70. The molecule has 5 heteroatoms. The van der Waals surface area contributed by atoms with Crippen molar-refractivity contribution < 1.29 is 9.59 Å². The molecule has 4 rings (SSSR count). The topological polar surface area (TPSA) is 52.7 Å². The maximum atomic E-state index is 13.8. The quantitative estimate of drug-likeness (QED) is 0.321. The van der Waals surface area contributed by atoms with Crippen molar-refractivity contribution in [3.63, 3.8) is 0 Å². The summed E-state index contributed by atoms with van der Waals surface area (Å²) in [5, 5.41) is 3.32. The molecular formula is C34H47N3O2. The first-order chi connectivity index (χ1) is 18.5. The normalized spacial score (nSPS) is 17.1. The van der Waals surface area contributed by atoms with E-state index in [9.17, 15) is 9.59 Å². The van der Waals surface area contributed by atoms with Gasteiger partial charge in [-0.05, 0) is 78.7 Å². The second-order valence-electron chi connectivity index (χ2n) is 13.0. The molecule has 2 aromatic rings. The second-order valence-corrected chi connectivity index (χ2v) is 13.0. The molecule has 1 aliphatic heterocycles. The summed E-state index contributed by atoms with van der Waals surface area (Å²) in [4.78, 5) is 29.8. The highest BCUT2D eigenvalue weighted by atomic mass is 16.2. The number of allylic oxidation sites excluding steroid dienone is 1. The van der Waals surface area contributed by atoms with Gasteiger partial charge in [-0.3, -0.25) is 4.79 Å². The molecule has 39 heavy (non-hydrogen) atoms. The number of anilines is 1. The number of urea groups is 1. The monoisotopic (exact) mass is 529 g/mol. The molecule has 1 unspecified atom stereocenters. The summed E-state index contributed by atoms with van der Waals surface area (Å²) in [5.74, 6) is 0.271. The molecular weight excluding hydrogens is 482 g/mol. The van der Waals surface area contributed by atoms with Gasteiger partial charge in [-0.1, -0.05) is 82.2 Å². The number of carbonyl (C=O) groups is 2. The Labute approximate surface area is 235 Å². The van der Waals surface area contributed by atoms with Crippen LogP contribution in [0.25, 0.3) is 0 Å². The number of nitrogens with zero attached hydrogens (tertiary/aromatic N) is 2. The Balaban J connectivity index is 1.46. The molecule has 210 valence electrons. The second kappa shape index (κ2) is 12.4. The molecule has 1 saturated heterocycles. The number of hydrogen-bond acceptors (Lipinski definition) is 2. The number of hydrogen-bond donors (Lipinski definition) is 1. The Morgan fingerprint density at radius 1 is 1.08 bits per heavy atom. The molecule has 3 amide bonds. The molecule has 0 spiro atoms. The fraction of sp³-hybridized carbons (Fsp3) is 0.529. The minimum Gasteiger partial charge on any atom is -0.326 e. The van der Waals surface area contributed by atoms with E-state index in [0.717, 1.165) is 67.6 Å². The summed E-state index contributed by atoms with van der Waals surface area (Å²) >= 11 is 0. The molecule has 5 nitrogen and oxygen atoms in total. The molecule has 0 bridgehead atoms. The van der Waals surface area contributed by atoms with Gasteiger partial charge in [0.1, 0.15) is 0 Å². The highest BCUT2D eigenvalue weighted by Crippen LogP contribution is 2.39. The molecule has 0 aromatic heterocycles. The van der Waals surface area contributed by atoms with Crippen LogP contribution in [0.2, 0.25) is 0 Å². The average molecular weight is 530 g/mol. The van der Waals surface area contributed by atoms with E-state index in [2.05, 4.69) is 76.0 Å². The van der Waals surface area contributed by atoms with Crippen molar-refractivity contribution in [2.45, 2.75) is 85.1 Å². The van der Waals surface area contributed by atoms with Crippen molar-refractivity contribution in [2.24, 2.45) is 11.3 Å². The van der Waals surface area contributed by atoms with E-state index in [1.54, 1.807) is 4.90 Å². The molecule has 0 radical (unpaired) electrons. The third-order valence-electron chi connectivity index (χ3n) is 8.40. The van der Waals surface area contributed by atoms with Gasteiger partial charge in [-0.15, -0.1) is 0 Å². The summed E-state index contributed by atoms with van der Waals surface area (Å²) < 4.78 is 0. The van der Waals surface area contributed by atoms with Crippen LogP contribution in [-0.4, -0.2) is 41.9 Å². The smallest absolute Gasteiger partial charge is 0.320 e. The van der Waals surface area contributed by atoms with E-state index in [-0.39, 0.29) is 23.3 Å². The van der Waals surface area contributed by atoms with Gasteiger partial charge < -0.3 is 15.1 Å². The van der Waals surface area contributed by atoms with Crippen LogP contribution in [0.4, 0.5) is 10.5 Å². The van der Waals surface area contributed by atoms with E-state index < -0.39 is 0 Å². The first kappa shape index (κ1) is 28.9. The van der Waals surface area contributed by atoms with Crippen LogP contribution in [0.15, 0.2) is 54.6 Å². The molecule has 1 heterocycles. The van der Waals surface area contributed by atoms with Gasteiger partial charge >= 0.3 is 6.03 Å². The zero-order valence-electron chi connectivity index (χ0n) is 24.7. The number of benzene rings is 2. The first-order valence-corrected chi connectivity index (χ1v) is 14.7. The Bertz CT molecular complexity index is 1170. The SMILES string of the molecule is C=C(CCc1cccc(NC(=O)C(c2ccc(CN3CCN(C)C3=O)cc2)C2CCCC2)c1C)CC(C)(C)C. The van der Waals surface area contributed by atoms with E-state index >= 15 is 0 Å². The number of amides is 3. The standard InChI is InChI=1S/C34H47N3O2/c1-24(22-34(3,4)5)14-17-27-12-9-13-30(25(27)2)35-32(38)31(28-10-7-8-11-28)29-18-15-26(16-19-29)23-37-21-20-36(6)33(37)39/h9,12-13,15-16,18-19,28,31H,1,7-8,10-11,14,17,20-23H2,2-6H3,(H,35,38). The summed E-state index contributed by atoms with van der Waals surface area (Å²) in [7, 11) is 1.84. The van der Waals surface area contributed by atoms with Crippen LogP contribution >= 0.6 is 0 Å². The molecule has 2 fully saturated rings. The maximum absolute atomic E-state index is 13.8. The van der Waals surface area contributed by atoms with E-state index in [1.165, 1.54) is 24.0 Å². The fourth-order valence-electron chi connectivity index (χ4n) is 6.28. The van der Waals surface area contributed by atoms with E-state index in [0.29, 0.717) is 12.5 Å². The van der Waals surface area contributed by atoms with Gasteiger partial charge in [-0.2, -0.15) is 0 Å². The minimum atomic E-state index is -0.171. The van der Waals surface area contributed by atoms with Crippen molar-refractivity contribution in [1.29, 1.82) is 0 Å². The molecule has 2 aliphatic rings. The van der Waals surface area contributed by atoms with Crippen molar-refractivity contribution in [1.82, 2.24) is 9.80 Å². The van der Waals surface area contributed by atoms with Crippen molar-refractivity contribution in [3.05, 3.63) is 76.9 Å². The number of rotatable bonds is 10. The lowest BCUT2D eigenvalue weighted by molar-refractivity contribution is -0.118. The maximum Gasteiger partial charge on any atom is 0.320 e. The first-order valence-electron chi connectivity index (χ1n) is 14.7.